The van der Waals surface area contributed by atoms with Gasteiger partial charge in [-0.3, -0.25) is 9.59 Å². The van der Waals surface area contributed by atoms with Crippen molar-refractivity contribution in [2.24, 2.45) is 0 Å². The molecule has 30 heavy (non-hydrogen) atoms. The lowest BCUT2D eigenvalue weighted by molar-refractivity contribution is -0.577. The average Bonchev–Trinajstić information content (AvgIpc) is 2.74. The topological polar surface area (TPSA) is 50.1 Å². The first kappa shape index (κ1) is 19.8. The Bertz CT molecular complexity index is 1190. The van der Waals surface area contributed by atoms with Crippen LogP contribution in [0.1, 0.15) is 57.2 Å². The smallest absolute Gasteiger partial charge is 0.286 e. The number of ketones is 2. The van der Waals surface area contributed by atoms with Gasteiger partial charge in [0.05, 0.1) is 0 Å². The van der Waals surface area contributed by atoms with Gasteiger partial charge in [0.1, 0.15) is 0 Å². The zero-order valence-corrected chi connectivity index (χ0v) is 17.7. The second kappa shape index (κ2) is 7.71. The Morgan fingerprint density at radius 3 is 2.07 bits per heavy atom. The number of rotatable bonds is 4. The van der Waals surface area contributed by atoms with Crippen LogP contribution in [0.5, 0.6) is 0 Å². The number of fused-ring (bicyclic) bond motifs is 1. The van der Waals surface area contributed by atoms with E-state index in [1.165, 1.54) is 0 Å². The second-order valence-electron chi connectivity index (χ2n) is 8.03. The van der Waals surface area contributed by atoms with Crippen molar-refractivity contribution < 1.29 is 14.2 Å². The minimum atomic E-state index is -0.175. The summed E-state index contributed by atoms with van der Waals surface area (Å²) in [6.45, 7) is 8.24. The third kappa shape index (κ3) is 3.35. The van der Waals surface area contributed by atoms with E-state index in [0.717, 1.165) is 22.4 Å². The van der Waals surface area contributed by atoms with Gasteiger partial charge < -0.3 is 5.32 Å². The van der Waals surface area contributed by atoms with E-state index < -0.39 is 0 Å². The van der Waals surface area contributed by atoms with Crippen molar-refractivity contribution in [2.75, 3.05) is 5.32 Å². The standard InChI is InChI=1S/C26H24N2O2/c1-16(2)19-11-7-8-18(4)22(19)27-23-24(28-14-12-17(3)13-15-28)26(30)21-10-6-5-9-20(21)25(23)29/h5-16H,1-4H3/p+1. The number of carbonyl (C=O) groups excluding carboxylic acids is 2. The van der Waals surface area contributed by atoms with Gasteiger partial charge in [0.2, 0.25) is 5.78 Å². The van der Waals surface area contributed by atoms with Crippen LogP contribution in [0, 0.1) is 13.8 Å². The summed E-state index contributed by atoms with van der Waals surface area (Å²) in [5.74, 6) is -0.0716. The average molecular weight is 397 g/mol. The quantitative estimate of drug-likeness (QED) is 0.625. The molecule has 150 valence electrons. The fraction of sp³-hybridized carbons (Fsp3) is 0.192. The van der Waals surface area contributed by atoms with Crippen LogP contribution in [0.4, 0.5) is 5.69 Å². The molecule has 0 radical (unpaired) electrons. The van der Waals surface area contributed by atoms with E-state index in [9.17, 15) is 9.59 Å². The van der Waals surface area contributed by atoms with Crippen LogP contribution in [-0.4, -0.2) is 11.6 Å². The van der Waals surface area contributed by atoms with Gasteiger partial charge in [-0.25, -0.2) is 0 Å². The molecular formula is C26H25N2O2+. The van der Waals surface area contributed by atoms with Gasteiger partial charge in [-0.15, -0.1) is 0 Å². The summed E-state index contributed by atoms with van der Waals surface area (Å²) in [7, 11) is 0. The molecule has 0 amide bonds. The number of para-hydroxylation sites is 1. The van der Waals surface area contributed by atoms with Crippen molar-refractivity contribution >= 4 is 23.0 Å². The van der Waals surface area contributed by atoms with Crippen LogP contribution in [0.3, 0.4) is 0 Å². The molecule has 0 saturated heterocycles. The first-order valence-corrected chi connectivity index (χ1v) is 10.2. The molecule has 1 aliphatic carbocycles. The number of anilines is 1. The molecule has 3 aromatic rings. The molecule has 4 heteroatoms. The van der Waals surface area contributed by atoms with Crippen LogP contribution in [0.15, 0.2) is 72.7 Å². The number of allylic oxidation sites excluding steroid dienone is 2. The predicted molar refractivity (Wildman–Crippen MR) is 119 cm³/mol. The monoisotopic (exact) mass is 397 g/mol. The summed E-state index contributed by atoms with van der Waals surface area (Å²) < 4.78 is 1.73. The molecule has 0 fully saturated rings. The van der Waals surface area contributed by atoms with Crippen LogP contribution in [0.2, 0.25) is 0 Å². The molecule has 0 atom stereocenters. The summed E-state index contributed by atoms with van der Waals surface area (Å²) in [5.41, 5.74) is 5.62. The minimum Gasteiger partial charge on any atom is -0.346 e. The van der Waals surface area contributed by atoms with Gasteiger partial charge in [-0.2, -0.15) is 4.57 Å². The summed E-state index contributed by atoms with van der Waals surface area (Å²) >= 11 is 0. The third-order valence-corrected chi connectivity index (χ3v) is 5.53. The lowest BCUT2D eigenvalue weighted by Crippen LogP contribution is -2.42. The fourth-order valence-electron chi connectivity index (χ4n) is 3.84. The van der Waals surface area contributed by atoms with E-state index in [1.807, 2.05) is 50.5 Å². The Hall–Kier alpha value is -3.53. The molecule has 4 nitrogen and oxygen atoms in total. The number of nitrogens with zero attached hydrogens (tertiary/aromatic N) is 1. The Labute approximate surface area is 176 Å². The number of Topliss-reactive ketones (excluding diaryl/α,β-unsaturated/α-hetero) is 2. The Kier molecular flexibility index (Phi) is 5.08. The highest BCUT2D eigenvalue weighted by atomic mass is 16.1. The third-order valence-electron chi connectivity index (χ3n) is 5.53. The maximum Gasteiger partial charge on any atom is 0.286 e. The summed E-state index contributed by atoms with van der Waals surface area (Å²) in [6.07, 6.45) is 3.65. The molecule has 0 unspecified atom stereocenters. The number of hydrogen-bond acceptors (Lipinski definition) is 3. The largest absolute Gasteiger partial charge is 0.346 e. The van der Waals surface area contributed by atoms with E-state index in [2.05, 4.69) is 25.2 Å². The van der Waals surface area contributed by atoms with Crippen molar-refractivity contribution in [1.82, 2.24) is 0 Å². The number of carbonyl (C=O) groups is 2. The van der Waals surface area contributed by atoms with Crippen LogP contribution in [0.25, 0.3) is 5.70 Å². The molecule has 1 aliphatic rings. The molecule has 4 rings (SSSR count). The summed E-state index contributed by atoms with van der Waals surface area (Å²) in [5, 5.41) is 3.37. The van der Waals surface area contributed by atoms with Gasteiger partial charge in [0.15, 0.2) is 18.1 Å². The highest BCUT2D eigenvalue weighted by Gasteiger charge is 2.38. The van der Waals surface area contributed by atoms with Crippen molar-refractivity contribution in [3.63, 3.8) is 0 Å². The molecule has 0 bridgehead atoms. The number of nitrogens with one attached hydrogen (secondary N) is 1. The molecule has 1 N–H and O–H groups in total. The van der Waals surface area contributed by atoms with Crippen molar-refractivity contribution in [1.29, 1.82) is 0 Å². The van der Waals surface area contributed by atoms with Crippen molar-refractivity contribution in [3.05, 3.63) is 101 Å². The lowest BCUT2D eigenvalue weighted by atomic mass is 9.89. The molecule has 0 aliphatic heterocycles. The van der Waals surface area contributed by atoms with Gasteiger partial charge in [-0.1, -0.05) is 56.3 Å². The Balaban J connectivity index is 1.95. The molecule has 2 aromatic carbocycles. The van der Waals surface area contributed by atoms with E-state index in [0.29, 0.717) is 22.5 Å². The van der Waals surface area contributed by atoms with E-state index in [4.69, 9.17) is 0 Å². The fourth-order valence-corrected chi connectivity index (χ4v) is 3.84. The number of aryl methyl sites for hydroxylation is 2. The maximum absolute atomic E-state index is 13.5. The molecule has 0 spiro atoms. The van der Waals surface area contributed by atoms with E-state index >= 15 is 0 Å². The van der Waals surface area contributed by atoms with Gasteiger partial charge in [-0.05, 0) is 36.5 Å². The minimum absolute atomic E-state index is 0.166. The maximum atomic E-state index is 13.5. The number of benzene rings is 2. The number of hydrogen-bond donors (Lipinski definition) is 1. The Morgan fingerprint density at radius 2 is 1.43 bits per heavy atom. The SMILES string of the molecule is Cc1cc[n+](C2=C(Nc3c(C)cccc3C(C)C)C(=O)c3ccccc3C2=O)cc1. The molecule has 1 heterocycles. The van der Waals surface area contributed by atoms with Crippen LogP contribution in [-0.2, 0) is 0 Å². The molecule has 0 saturated carbocycles. The van der Waals surface area contributed by atoms with E-state index in [1.54, 1.807) is 28.8 Å². The Morgan fingerprint density at radius 1 is 0.800 bits per heavy atom. The summed E-state index contributed by atoms with van der Waals surface area (Å²) in [6, 6.07) is 17.0. The van der Waals surface area contributed by atoms with E-state index in [-0.39, 0.29) is 17.5 Å². The second-order valence-corrected chi connectivity index (χ2v) is 8.03. The van der Waals surface area contributed by atoms with Crippen LogP contribution < -0.4 is 9.88 Å². The van der Waals surface area contributed by atoms with Crippen molar-refractivity contribution in [2.45, 2.75) is 33.6 Å². The predicted octanol–water partition coefficient (Wildman–Crippen LogP) is 5.07. The van der Waals surface area contributed by atoms with Gasteiger partial charge >= 0.3 is 0 Å². The van der Waals surface area contributed by atoms with Gasteiger partial charge in [0.25, 0.3) is 11.5 Å². The van der Waals surface area contributed by atoms with Gasteiger partial charge in [0, 0.05) is 28.9 Å². The highest BCUT2D eigenvalue weighted by Crippen LogP contribution is 2.32. The van der Waals surface area contributed by atoms with Crippen molar-refractivity contribution in [3.8, 4) is 0 Å². The lowest BCUT2D eigenvalue weighted by Gasteiger charge is -2.22. The zero-order chi connectivity index (χ0) is 21.4. The zero-order valence-electron chi connectivity index (χ0n) is 17.7. The highest BCUT2D eigenvalue weighted by molar-refractivity contribution is 6.36. The first-order valence-electron chi connectivity index (χ1n) is 10.2. The molecule has 1 aromatic heterocycles. The van der Waals surface area contributed by atoms with Crippen LogP contribution >= 0.6 is 0 Å². The molecular weight excluding hydrogens is 372 g/mol. The first-order chi connectivity index (χ1) is 14.4. The number of pyridine rings is 1. The number of aromatic nitrogens is 1. The normalized spacial score (nSPS) is 13.6. The summed E-state index contributed by atoms with van der Waals surface area (Å²) in [4.78, 5) is 27.0.